The van der Waals surface area contributed by atoms with Gasteiger partial charge in [-0.05, 0) is 37.8 Å². The van der Waals surface area contributed by atoms with Gasteiger partial charge in [0.15, 0.2) is 5.96 Å². The Labute approximate surface area is 146 Å². The van der Waals surface area contributed by atoms with Crippen molar-refractivity contribution >= 4 is 22.0 Å². The van der Waals surface area contributed by atoms with E-state index in [-0.39, 0.29) is 18.5 Å². The molecule has 1 amide bonds. The largest absolute Gasteiger partial charge is 0.396 e. The summed E-state index contributed by atoms with van der Waals surface area (Å²) in [5.74, 6) is -0.733. The van der Waals surface area contributed by atoms with Crippen LogP contribution in [0.4, 0.5) is 0 Å². The first-order valence-corrected chi connectivity index (χ1v) is 9.56. The molecule has 140 valence electrons. The Hall–Kier alpha value is -2.04. The molecule has 1 aromatic heterocycles. The highest BCUT2D eigenvalue weighted by atomic mass is 32.2. The van der Waals surface area contributed by atoms with Crippen LogP contribution in [0.25, 0.3) is 0 Å². The molecule has 0 saturated carbocycles. The second-order valence-corrected chi connectivity index (χ2v) is 7.36. The lowest BCUT2D eigenvalue weighted by molar-refractivity contribution is 0.0975. The summed E-state index contributed by atoms with van der Waals surface area (Å²) >= 11 is 0. The van der Waals surface area contributed by atoms with Gasteiger partial charge >= 0.3 is 0 Å². The average Bonchev–Trinajstić information content (AvgIpc) is 2.65. The number of hydrogen-bond acceptors (Lipinski definition) is 6. The lowest BCUT2D eigenvalue weighted by Gasteiger charge is -2.16. The summed E-state index contributed by atoms with van der Waals surface area (Å²) in [7, 11) is -3.67. The molecule has 1 atom stereocenters. The van der Waals surface area contributed by atoms with Crippen LogP contribution in [0.2, 0.25) is 0 Å². The molecule has 1 aromatic rings. The Bertz CT molecular complexity index is 741. The van der Waals surface area contributed by atoms with Gasteiger partial charge in [-0.3, -0.25) is 25.1 Å². The Morgan fingerprint density at radius 1 is 1.48 bits per heavy atom. The molecule has 10 heteroatoms. The van der Waals surface area contributed by atoms with Crippen LogP contribution < -0.4 is 11.1 Å². The van der Waals surface area contributed by atoms with Crippen molar-refractivity contribution in [3.8, 4) is 0 Å². The predicted molar refractivity (Wildman–Crippen MR) is 93.2 cm³/mol. The molecule has 6 N–H and O–H groups in total. The van der Waals surface area contributed by atoms with E-state index in [9.17, 15) is 18.3 Å². The summed E-state index contributed by atoms with van der Waals surface area (Å²) in [4.78, 5) is 16.5. The van der Waals surface area contributed by atoms with Crippen molar-refractivity contribution in [1.29, 1.82) is 5.41 Å². The minimum absolute atomic E-state index is 0.0520. The highest BCUT2D eigenvalue weighted by Gasteiger charge is 2.22. The molecular formula is C15H24N4O5S. The van der Waals surface area contributed by atoms with Crippen molar-refractivity contribution in [2.75, 3.05) is 12.9 Å². The van der Waals surface area contributed by atoms with Crippen molar-refractivity contribution in [2.24, 2.45) is 5.73 Å². The number of rotatable bonds is 2. The quantitative estimate of drug-likeness (QED) is 0.216. The number of fused-ring (bicyclic) bond motifs is 1. The molecule has 0 aromatic carbocycles. The average molecular weight is 372 g/mol. The van der Waals surface area contributed by atoms with Crippen molar-refractivity contribution in [1.82, 2.24) is 10.3 Å². The molecule has 1 heterocycles. The van der Waals surface area contributed by atoms with Gasteiger partial charge in [0.05, 0.1) is 24.1 Å². The van der Waals surface area contributed by atoms with Crippen LogP contribution in [0.15, 0.2) is 6.07 Å². The number of aliphatic hydroxyl groups is 1. The van der Waals surface area contributed by atoms with Crippen LogP contribution in [0.5, 0.6) is 0 Å². The maximum absolute atomic E-state index is 12.0. The van der Waals surface area contributed by atoms with Crippen molar-refractivity contribution in [3.05, 3.63) is 28.6 Å². The number of pyridine rings is 1. The molecule has 1 aliphatic rings. The second-order valence-electron chi connectivity index (χ2n) is 5.89. The fourth-order valence-electron chi connectivity index (χ4n) is 2.66. The summed E-state index contributed by atoms with van der Waals surface area (Å²) in [5, 5.41) is 18.9. The number of carbonyl (C=O) groups is 1. The fraction of sp³-hybridized carbons (Fsp3) is 0.533. The van der Waals surface area contributed by atoms with Gasteiger partial charge in [-0.2, -0.15) is 8.42 Å². The van der Waals surface area contributed by atoms with Gasteiger partial charge < -0.3 is 10.8 Å². The van der Waals surface area contributed by atoms with Gasteiger partial charge in [-0.15, -0.1) is 0 Å². The Kier molecular flexibility index (Phi) is 7.46. The van der Waals surface area contributed by atoms with Crippen LogP contribution in [-0.4, -0.2) is 47.8 Å². The SMILES string of the molecule is CS(=O)(=O)O.Cc1nc2c(cc1C(=O)NC(=N)N)CCCCC2CO. The Balaban J connectivity index is 0.000000550. The molecule has 1 aliphatic carbocycles. The first-order valence-electron chi connectivity index (χ1n) is 7.72. The van der Waals surface area contributed by atoms with Gasteiger partial charge in [-0.25, -0.2) is 0 Å². The van der Waals surface area contributed by atoms with Crippen LogP contribution in [0, 0.1) is 12.3 Å². The molecule has 0 radical (unpaired) electrons. The number of aliphatic hydroxyl groups excluding tert-OH is 1. The van der Waals surface area contributed by atoms with E-state index >= 15 is 0 Å². The second kappa shape index (κ2) is 8.88. The molecular weight excluding hydrogens is 348 g/mol. The van der Waals surface area contributed by atoms with E-state index in [1.165, 1.54) is 0 Å². The van der Waals surface area contributed by atoms with Gasteiger partial charge in [0.25, 0.3) is 16.0 Å². The summed E-state index contributed by atoms with van der Waals surface area (Å²) < 4.78 is 25.9. The van der Waals surface area contributed by atoms with Crippen LogP contribution in [0.3, 0.4) is 0 Å². The zero-order valence-electron chi connectivity index (χ0n) is 14.2. The first kappa shape index (κ1) is 21.0. The standard InChI is InChI=1S/C14H20N4O2.CH4O3S/c1-8-11(13(20)18-14(15)16)6-9-4-2-3-5-10(7-19)12(9)17-8;1-5(2,3)4/h6,10,19H,2-5,7H2,1H3,(H4,15,16,18,20);1H3,(H,2,3,4). The van der Waals surface area contributed by atoms with Crippen molar-refractivity contribution < 1.29 is 22.9 Å². The van der Waals surface area contributed by atoms with E-state index in [2.05, 4.69) is 10.3 Å². The Morgan fingerprint density at radius 2 is 2.08 bits per heavy atom. The van der Waals surface area contributed by atoms with E-state index in [4.69, 9.17) is 15.7 Å². The van der Waals surface area contributed by atoms with Gasteiger partial charge in [0.1, 0.15) is 0 Å². The lowest BCUT2D eigenvalue weighted by Crippen LogP contribution is -2.36. The van der Waals surface area contributed by atoms with E-state index < -0.39 is 16.0 Å². The summed E-state index contributed by atoms with van der Waals surface area (Å²) in [6, 6.07) is 1.82. The number of guanidine groups is 1. The first-order chi connectivity index (χ1) is 11.5. The number of nitrogens with two attached hydrogens (primary N) is 1. The zero-order chi connectivity index (χ0) is 19.2. The molecule has 0 spiro atoms. The number of aryl methyl sites for hydroxylation is 2. The van der Waals surface area contributed by atoms with E-state index in [0.717, 1.165) is 36.9 Å². The smallest absolute Gasteiger partial charge is 0.261 e. The molecule has 0 fully saturated rings. The molecule has 0 aliphatic heterocycles. The predicted octanol–water partition coefficient (Wildman–Crippen LogP) is 0.320. The van der Waals surface area contributed by atoms with E-state index in [1.807, 2.05) is 6.07 Å². The number of nitrogens with zero attached hydrogens (tertiary/aromatic N) is 1. The van der Waals surface area contributed by atoms with Crippen molar-refractivity contribution in [2.45, 2.75) is 38.5 Å². The third-order valence-corrected chi connectivity index (χ3v) is 3.67. The van der Waals surface area contributed by atoms with Gasteiger partial charge in [0.2, 0.25) is 0 Å². The molecule has 0 bridgehead atoms. The molecule has 2 rings (SSSR count). The highest BCUT2D eigenvalue weighted by Crippen LogP contribution is 2.30. The van der Waals surface area contributed by atoms with Crippen molar-refractivity contribution in [3.63, 3.8) is 0 Å². The van der Waals surface area contributed by atoms with E-state index in [1.54, 1.807) is 6.92 Å². The number of carbonyl (C=O) groups excluding carboxylic acids is 1. The number of nitrogens with one attached hydrogen (secondary N) is 2. The van der Waals surface area contributed by atoms with Crippen LogP contribution in [0.1, 0.15) is 52.5 Å². The van der Waals surface area contributed by atoms with Crippen LogP contribution in [-0.2, 0) is 16.5 Å². The number of hydrogen-bond donors (Lipinski definition) is 5. The summed E-state index contributed by atoms with van der Waals surface area (Å²) in [5.41, 5.74) is 8.15. The maximum atomic E-state index is 12.0. The molecule has 1 unspecified atom stereocenters. The highest BCUT2D eigenvalue weighted by molar-refractivity contribution is 7.85. The monoisotopic (exact) mass is 372 g/mol. The van der Waals surface area contributed by atoms with Crippen LogP contribution >= 0.6 is 0 Å². The summed E-state index contributed by atoms with van der Waals surface area (Å²) in [6.07, 6.45) is 4.58. The topological polar surface area (TPSA) is 166 Å². The van der Waals surface area contributed by atoms with E-state index in [0.29, 0.717) is 17.5 Å². The van der Waals surface area contributed by atoms with Gasteiger partial charge in [-0.1, -0.05) is 6.42 Å². The lowest BCUT2D eigenvalue weighted by atomic mass is 9.97. The normalized spacial score (nSPS) is 16.7. The minimum Gasteiger partial charge on any atom is -0.396 e. The molecule has 0 saturated heterocycles. The minimum atomic E-state index is -3.67. The zero-order valence-corrected chi connectivity index (χ0v) is 15.1. The molecule has 9 nitrogen and oxygen atoms in total. The number of aromatic nitrogens is 1. The fourth-order valence-corrected chi connectivity index (χ4v) is 2.66. The Morgan fingerprint density at radius 3 is 2.60 bits per heavy atom. The van der Waals surface area contributed by atoms with Gasteiger partial charge in [0, 0.05) is 11.6 Å². The third-order valence-electron chi connectivity index (χ3n) is 3.67. The number of amides is 1. The third kappa shape index (κ3) is 7.16. The summed E-state index contributed by atoms with van der Waals surface area (Å²) in [6.45, 7) is 1.84. The maximum Gasteiger partial charge on any atom is 0.261 e. The molecule has 25 heavy (non-hydrogen) atoms.